The van der Waals surface area contributed by atoms with E-state index in [0.717, 1.165) is 17.8 Å². The Kier molecular flexibility index (Phi) is 3.88. The number of carbonyl (C=O) groups is 1. The number of aryl methyl sites for hydroxylation is 1. The second-order valence-electron chi connectivity index (χ2n) is 3.76. The van der Waals surface area contributed by atoms with Gasteiger partial charge in [-0.3, -0.25) is 4.79 Å². The number of hydrogen-bond acceptors (Lipinski definition) is 5. The molecule has 1 aromatic carbocycles. The van der Waals surface area contributed by atoms with Gasteiger partial charge >= 0.3 is 0 Å². The van der Waals surface area contributed by atoms with Crippen LogP contribution in [0.1, 0.15) is 22.3 Å². The zero-order chi connectivity index (χ0) is 13.0. The van der Waals surface area contributed by atoms with Crippen LogP contribution < -0.4 is 10.6 Å². The Morgan fingerprint density at radius 1 is 1.28 bits per heavy atom. The number of benzene rings is 1. The monoisotopic (exact) mass is 262 g/mol. The van der Waals surface area contributed by atoms with Gasteiger partial charge in [-0.1, -0.05) is 29.0 Å². The third kappa shape index (κ3) is 3.04. The summed E-state index contributed by atoms with van der Waals surface area (Å²) in [5, 5.41) is 14.5. The highest BCUT2D eigenvalue weighted by molar-refractivity contribution is 7.17. The van der Waals surface area contributed by atoms with Crippen molar-refractivity contribution in [1.82, 2.24) is 10.2 Å². The molecule has 1 amide bonds. The lowest BCUT2D eigenvalue weighted by Crippen LogP contribution is -2.11. The van der Waals surface area contributed by atoms with Gasteiger partial charge in [0.25, 0.3) is 5.91 Å². The third-order valence-electron chi connectivity index (χ3n) is 2.26. The fourth-order valence-electron chi connectivity index (χ4n) is 1.36. The van der Waals surface area contributed by atoms with Gasteiger partial charge < -0.3 is 10.6 Å². The average Bonchev–Trinajstić information content (AvgIpc) is 2.81. The lowest BCUT2D eigenvalue weighted by atomic mass is 10.2. The molecule has 0 bridgehead atoms. The third-order valence-corrected chi connectivity index (χ3v) is 3.14. The number of carbonyl (C=O) groups excluding carboxylic acids is 1. The molecule has 1 aromatic heterocycles. The fraction of sp³-hybridized carbons (Fsp3) is 0.250. The van der Waals surface area contributed by atoms with E-state index in [9.17, 15) is 4.79 Å². The fourth-order valence-corrected chi connectivity index (χ4v) is 2.07. The summed E-state index contributed by atoms with van der Waals surface area (Å²) in [7, 11) is 0. The summed E-state index contributed by atoms with van der Waals surface area (Å²) in [5.41, 5.74) is 1.91. The van der Waals surface area contributed by atoms with Gasteiger partial charge in [-0.2, -0.15) is 0 Å². The number of nitrogens with one attached hydrogen (secondary N) is 2. The summed E-state index contributed by atoms with van der Waals surface area (Å²) in [6, 6.07) is 7.61. The van der Waals surface area contributed by atoms with Crippen molar-refractivity contribution in [3.8, 4) is 0 Å². The molecule has 0 aliphatic carbocycles. The van der Waals surface area contributed by atoms with Crippen LogP contribution in [0.2, 0.25) is 0 Å². The maximum absolute atomic E-state index is 11.9. The number of amides is 1. The van der Waals surface area contributed by atoms with Crippen LogP contribution in [0.4, 0.5) is 10.8 Å². The molecular weight excluding hydrogens is 248 g/mol. The SMILES string of the molecule is CCNc1nnc(C(=O)Nc2ccc(C)cc2)s1. The molecule has 2 rings (SSSR count). The molecule has 0 spiro atoms. The molecule has 0 aliphatic rings. The largest absolute Gasteiger partial charge is 0.360 e. The predicted octanol–water partition coefficient (Wildman–Crippen LogP) is 2.53. The standard InChI is InChI=1S/C12H14N4OS/c1-3-13-12-16-15-11(18-12)10(17)14-9-6-4-8(2)5-7-9/h4-7H,3H2,1-2H3,(H,13,16)(H,14,17). The molecule has 0 radical (unpaired) electrons. The van der Waals surface area contributed by atoms with Crippen molar-refractivity contribution in [3.63, 3.8) is 0 Å². The van der Waals surface area contributed by atoms with Crippen molar-refractivity contribution >= 4 is 28.1 Å². The first-order valence-corrected chi connectivity index (χ1v) is 6.46. The van der Waals surface area contributed by atoms with Crippen molar-refractivity contribution < 1.29 is 4.79 Å². The Balaban J connectivity index is 2.04. The maximum atomic E-state index is 11.9. The quantitative estimate of drug-likeness (QED) is 0.888. The van der Waals surface area contributed by atoms with Crippen LogP contribution in [0.15, 0.2) is 24.3 Å². The van der Waals surface area contributed by atoms with E-state index >= 15 is 0 Å². The zero-order valence-corrected chi connectivity index (χ0v) is 11.0. The van der Waals surface area contributed by atoms with E-state index in [2.05, 4.69) is 20.8 Å². The molecule has 0 atom stereocenters. The van der Waals surface area contributed by atoms with Crippen LogP contribution in [0.3, 0.4) is 0 Å². The molecule has 6 heteroatoms. The Labute approximate surface area is 109 Å². The van der Waals surface area contributed by atoms with Crippen LogP contribution >= 0.6 is 11.3 Å². The van der Waals surface area contributed by atoms with Crippen LogP contribution in [0.25, 0.3) is 0 Å². The first kappa shape index (κ1) is 12.5. The molecule has 0 saturated heterocycles. The van der Waals surface area contributed by atoms with Gasteiger partial charge in [0.15, 0.2) is 0 Å². The molecule has 18 heavy (non-hydrogen) atoms. The molecule has 1 heterocycles. The molecule has 0 saturated carbocycles. The van der Waals surface area contributed by atoms with Crippen molar-refractivity contribution in [2.24, 2.45) is 0 Å². The van der Waals surface area contributed by atoms with Crippen molar-refractivity contribution in [1.29, 1.82) is 0 Å². The van der Waals surface area contributed by atoms with Crippen LogP contribution in [0, 0.1) is 6.92 Å². The summed E-state index contributed by atoms with van der Waals surface area (Å²) in [5.74, 6) is -0.236. The van der Waals surface area contributed by atoms with Gasteiger partial charge in [0.05, 0.1) is 0 Å². The summed E-state index contributed by atoms with van der Waals surface area (Å²) in [4.78, 5) is 11.9. The number of rotatable bonds is 4. The molecule has 5 nitrogen and oxygen atoms in total. The highest BCUT2D eigenvalue weighted by atomic mass is 32.1. The maximum Gasteiger partial charge on any atom is 0.286 e. The van der Waals surface area contributed by atoms with Crippen LogP contribution in [-0.4, -0.2) is 22.6 Å². The van der Waals surface area contributed by atoms with E-state index in [-0.39, 0.29) is 5.91 Å². The lowest BCUT2D eigenvalue weighted by Gasteiger charge is -2.02. The van der Waals surface area contributed by atoms with Gasteiger partial charge in [-0.05, 0) is 26.0 Å². The topological polar surface area (TPSA) is 66.9 Å². The van der Waals surface area contributed by atoms with Gasteiger partial charge in [-0.15, -0.1) is 10.2 Å². The molecule has 0 fully saturated rings. The molecule has 2 N–H and O–H groups in total. The normalized spacial score (nSPS) is 10.1. The molecule has 2 aromatic rings. The number of anilines is 2. The Morgan fingerprint density at radius 2 is 2.00 bits per heavy atom. The first-order chi connectivity index (χ1) is 8.69. The first-order valence-electron chi connectivity index (χ1n) is 5.64. The van der Waals surface area contributed by atoms with E-state index in [0.29, 0.717) is 10.1 Å². The van der Waals surface area contributed by atoms with Gasteiger partial charge in [0.1, 0.15) is 0 Å². The van der Waals surface area contributed by atoms with Crippen molar-refractivity contribution in [2.75, 3.05) is 17.2 Å². The van der Waals surface area contributed by atoms with Crippen molar-refractivity contribution in [3.05, 3.63) is 34.8 Å². The summed E-state index contributed by atoms with van der Waals surface area (Å²) in [6.45, 7) is 4.72. The average molecular weight is 262 g/mol. The van der Waals surface area contributed by atoms with E-state index in [1.165, 1.54) is 11.3 Å². The summed E-state index contributed by atoms with van der Waals surface area (Å²) < 4.78 is 0. The smallest absolute Gasteiger partial charge is 0.286 e. The lowest BCUT2D eigenvalue weighted by molar-refractivity contribution is 0.102. The van der Waals surface area contributed by atoms with E-state index in [1.54, 1.807) is 0 Å². The molecular formula is C12H14N4OS. The number of aromatic nitrogens is 2. The minimum absolute atomic E-state index is 0.236. The van der Waals surface area contributed by atoms with E-state index in [1.807, 2.05) is 38.1 Å². The van der Waals surface area contributed by atoms with Gasteiger partial charge in [-0.25, -0.2) is 0 Å². The predicted molar refractivity (Wildman–Crippen MR) is 73.2 cm³/mol. The van der Waals surface area contributed by atoms with Crippen molar-refractivity contribution in [2.45, 2.75) is 13.8 Å². The van der Waals surface area contributed by atoms with Crippen LogP contribution in [0.5, 0.6) is 0 Å². The Bertz CT molecular complexity index is 535. The highest BCUT2D eigenvalue weighted by Gasteiger charge is 2.12. The summed E-state index contributed by atoms with van der Waals surface area (Å²) in [6.07, 6.45) is 0. The minimum Gasteiger partial charge on any atom is -0.360 e. The molecule has 94 valence electrons. The number of nitrogens with zero attached hydrogens (tertiary/aromatic N) is 2. The number of hydrogen-bond donors (Lipinski definition) is 2. The highest BCUT2D eigenvalue weighted by Crippen LogP contribution is 2.17. The van der Waals surface area contributed by atoms with Gasteiger partial charge in [0.2, 0.25) is 10.1 Å². The minimum atomic E-state index is -0.236. The van der Waals surface area contributed by atoms with Crippen LogP contribution in [-0.2, 0) is 0 Å². The molecule has 0 unspecified atom stereocenters. The Hall–Kier alpha value is -1.95. The Morgan fingerprint density at radius 3 is 2.67 bits per heavy atom. The van der Waals surface area contributed by atoms with E-state index in [4.69, 9.17) is 0 Å². The molecule has 0 aliphatic heterocycles. The van der Waals surface area contributed by atoms with Gasteiger partial charge in [0, 0.05) is 12.2 Å². The van der Waals surface area contributed by atoms with E-state index < -0.39 is 0 Å². The zero-order valence-electron chi connectivity index (χ0n) is 10.2. The second-order valence-corrected chi connectivity index (χ2v) is 4.74. The second kappa shape index (κ2) is 5.59. The summed E-state index contributed by atoms with van der Waals surface area (Å²) >= 11 is 1.24.